The summed E-state index contributed by atoms with van der Waals surface area (Å²) < 4.78 is 5.48. The number of aliphatic hydroxyl groups is 2. The molecular weight excluding hydrogens is 959 g/mol. The van der Waals surface area contributed by atoms with E-state index in [1.807, 2.05) is 0 Å². The van der Waals surface area contributed by atoms with Crippen molar-refractivity contribution in [3.63, 3.8) is 0 Å². The molecular formula is C72H141NO5. The van der Waals surface area contributed by atoms with Gasteiger partial charge in [-0.05, 0) is 51.4 Å². The number of carbonyl (C=O) groups excluding carboxylic acids is 2. The molecule has 78 heavy (non-hydrogen) atoms. The van der Waals surface area contributed by atoms with E-state index in [-0.39, 0.29) is 18.5 Å². The first-order valence-electron chi connectivity index (χ1n) is 35.9. The molecule has 3 N–H and O–H groups in total. The highest BCUT2D eigenvalue weighted by Crippen LogP contribution is 2.19. The Hall–Kier alpha value is -1.40. The van der Waals surface area contributed by atoms with E-state index in [0.717, 1.165) is 44.9 Å². The number of carbonyl (C=O) groups is 2. The summed E-state index contributed by atoms with van der Waals surface area (Å²) in [5.41, 5.74) is 0. The molecule has 0 aromatic carbocycles. The van der Waals surface area contributed by atoms with Gasteiger partial charge in [0.1, 0.15) is 0 Å². The Kier molecular flexibility index (Phi) is 66.9. The average Bonchev–Trinajstić information content (AvgIpc) is 3.44. The van der Waals surface area contributed by atoms with Crippen molar-refractivity contribution in [2.75, 3.05) is 13.2 Å². The molecule has 0 fully saturated rings. The summed E-state index contributed by atoms with van der Waals surface area (Å²) in [6.45, 7) is 4.98. The maximum Gasteiger partial charge on any atom is 0.305 e. The van der Waals surface area contributed by atoms with Gasteiger partial charge in [0, 0.05) is 12.8 Å². The lowest BCUT2D eigenvalue weighted by atomic mass is 10.0. The van der Waals surface area contributed by atoms with E-state index >= 15 is 0 Å². The molecule has 6 nitrogen and oxygen atoms in total. The number of hydrogen-bond acceptors (Lipinski definition) is 5. The van der Waals surface area contributed by atoms with Gasteiger partial charge in [-0.15, -0.1) is 0 Å². The largest absolute Gasteiger partial charge is 0.466 e. The van der Waals surface area contributed by atoms with Gasteiger partial charge in [0.25, 0.3) is 0 Å². The van der Waals surface area contributed by atoms with Crippen LogP contribution in [0.25, 0.3) is 0 Å². The second-order valence-corrected chi connectivity index (χ2v) is 24.9. The van der Waals surface area contributed by atoms with E-state index in [2.05, 4.69) is 31.3 Å². The van der Waals surface area contributed by atoms with Crippen molar-refractivity contribution in [1.29, 1.82) is 0 Å². The highest BCUT2D eigenvalue weighted by Gasteiger charge is 2.20. The number of rotatable bonds is 68. The van der Waals surface area contributed by atoms with Gasteiger partial charge in [0.05, 0.1) is 25.4 Å². The van der Waals surface area contributed by atoms with Crippen LogP contribution in [0, 0.1) is 0 Å². The fraction of sp³-hybridized carbons (Fsp3) is 0.944. The summed E-state index contributed by atoms with van der Waals surface area (Å²) in [6.07, 6.45) is 84.0. The van der Waals surface area contributed by atoms with E-state index in [1.54, 1.807) is 0 Å². The van der Waals surface area contributed by atoms with Crippen molar-refractivity contribution in [3.8, 4) is 0 Å². The molecule has 0 spiro atoms. The molecule has 0 radical (unpaired) electrons. The predicted octanol–water partition coefficient (Wildman–Crippen LogP) is 23.1. The summed E-state index contributed by atoms with van der Waals surface area (Å²) in [7, 11) is 0. The van der Waals surface area contributed by atoms with Gasteiger partial charge in [-0.2, -0.15) is 0 Å². The van der Waals surface area contributed by atoms with Crippen LogP contribution in [0.1, 0.15) is 412 Å². The van der Waals surface area contributed by atoms with Crippen LogP contribution in [-0.4, -0.2) is 47.4 Å². The first kappa shape index (κ1) is 76.6. The summed E-state index contributed by atoms with van der Waals surface area (Å²) in [5.74, 6) is -0.0225. The minimum absolute atomic E-state index is 0.00642. The van der Waals surface area contributed by atoms with E-state index < -0.39 is 12.1 Å². The first-order valence-corrected chi connectivity index (χ1v) is 35.9. The third-order valence-electron chi connectivity index (χ3n) is 17.1. The van der Waals surface area contributed by atoms with Crippen molar-refractivity contribution in [3.05, 3.63) is 12.2 Å². The van der Waals surface area contributed by atoms with E-state index in [0.29, 0.717) is 25.9 Å². The average molecular weight is 1100 g/mol. The Labute approximate surface area is 489 Å². The van der Waals surface area contributed by atoms with E-state index in [4.69, 9.17) is 4.74 Å². The van der Waals surface area contributed by atoms with Crippen LogP contribution in [-0.2, 0) is 14.3 Å². The first-order chi connectivity index (χ1) is 38.5. The lowest BCUT2D eigenvalue weighted by Crippen LogP contribution is -2.45. The van der Waals surface area contributed by atoms with Crippen LogP contribution in [0.2, 0.25) is 0 Å². The van der Waals surface area contributed by atoms with Gasteiger partial charge < -0.3 is 20.3 Å². The molecule has 2 atom stereocenters. The van der Waals surface area contributed by atoms with Crippen LogP contribution >= 0.6 is 0 Å². The monoisotopic (exact) mass is 1100 g/mol. The van der Waals surface area contributed by atoms with E-state index in [1.165, 1.54) is 334 Å². The van der Waals surface area contributed by atoms with Crippen LogP contribution in [0.5, 0.6) is 0 Å². The summed E-state index contributed by atoms with van der Waals surface area (Å²) in [4.78, 5) is 24.6. The number of ether oxygens (including phenoxy) is 1. The van der Waals surface area contributed by atoms with Crippen molar-refractivity contribution in [2.24, 2.45) is 0 Å². The molecule has 0 saturated heterocycles. The normalized spacial score (nSPS) is 12.5. The summed E-state index contributed by atoms with van der Waals surface area (Å²) >= 11 is 0. The minimum atomic E-state index is -0.665. The predicted molar refractivity (Wildman–Crippen MR) is 343 cm³/mol. The molecule has 6 heteroatoms. The molecule has 464 valence electrons. The summed E-state index contributed by atoms with van der Waals surface area (Å²) in [5, 5.41) is 23.5. The number of unbranched alkanes of at least 4 members (excludes halogenated alkanes) is 55. The van der Waals surface area contributed by atoms with Gasteiger partial charge in [0.2, 0.25) is 5.91 Å². The SMILES string of the molecule is CCCCCC/C=C\CCCCCCCC(=O)OCCCCCCCCCCCCCCCCCCCCCCCCCC(=O)NC(CO)C(O)CCCCCCCCCCCCCCCCCCCCCCCCCCC. The third-order valence-corrected chi connectivity index (χ3v) is 17.1. The maximum absolute atomic E-state index is 12.6. The van der Waals surface area contributed by atoms with Gasteiger partial charge in [-0.25, -0.2) is 0 Å². The number of esters is 1. The zero-order valence-electron chi connectivity index (χ0n) is 53.2. The molecule has 0 heterocycles. The lowest BCUT2D eigenvalue weighted by Gasteiger charge is -2.22. The number of aliphatic hydroxyl groups excluding tert-OH is 2. The van der Waals surface area contributed by atoms with Gasteiger partial charge >= 0.3 is 5.97 Å². The zero-order chi connectivity index (χ0) is 56.4. The van der Waals surface area contributed by atoms with Gasteiger partial charge in [0.15, 0.2) is 0 Å². The van der Waals surface area contributed by atoms with Gasteiger partial charge in [-0.1, -0.05) is 360 Å². The molecule has 0 bridgehead atoms. The second-order valence-electron chi connectivity index (χ2n) is 24.9. The molecule has 1 amide bonds. The Balaban J connectivity index is 3.37. The molecule has 0 aliphatic carbocycles. The summed E-state index contributed by atoms with van der Waals surface area (Å²) in [6, 6.07) is -0.542. The second kappa shape index (κ2) is 68.1. The number of amides is 1. The van der Waals surface area contributed by atoms with E-state index in [9.17, 15) is 19.8 Å². The smallest absolute Gasteiger partial charge is 0.305 e. The molecule has 2 unspecified atom stereocenters. The Bertz CT molecular complexity index is 1180. The van der Waals surface area contributed by atoms with Crippen LogP contribution in [0.15, 0.2) is 12.2 Å². The molecule has 0 aromatic rings. The fourth-order valence-electron chi connectivity index (χ4n) is 11.6. The molecule has 0 saturated carbocycles. The van der Waals surface area contributed by atoms with Crippen LogP contribution in [0.3, 0.4) is 0 Å². The molecule has 0 rings (SSSR count). The van der Waals surface area contributed by atoms with Crippen molar-refractivity contribution >= 4 is 11.9 Å². The Morgan fingerprint density at radius 2 is 0.603 bits per heavy atom. The van der Waals surface area contributed by atoms with Crippen LogP contribution in [0.4, 0.5) is 0 Å². The highest BCUT2D eigenvalue weighted by atomic mass is 16.5. The lowest BCUT2D eigenvalue weighted by molar-refractivity contribution is -0.143. The topological polar surface area (TPSA) is 95.9 Å². The van der Waals surface area contributed by atoms with Gasteiger partial charge in [-0.3, -0.25) is 9.59 Å². The number of nitrogens with one attached hydrogen (secondary N) is 1. The number of allylic oxidation sites excluding steroid dienone is 2. The Morgan fingerprint density at radius 3 is 0.923 bits per heavy atom. The molecule has 0 aliphatic rings. The molecule has 0 aliphatic heterocycles. The third kappa shape index (κ3) is 63.8. The Morgan fingerprint density at radius 1 is 0.346 bits per heavy atom. The number of hydrogen-bond donors (Lipinski definition) is 3. The van der Waals surface area contributed by atoms with Crippen molar-refractivity contribution in [2.45, 2.75) is 424 Å². The zero-order valence-corrected chi connectivity index (χ0v) is 53.2. The quantitative estimate of drug-likeness (QED) is 0.0320. The highest BCUT2D eigenvalue weighted by molar-refractivity contribution is 5.76. The maximum atomic E-state index is 12.6. The van der Waals surface area contributed by atoms with Crippen molar-refractivity contribution < 1.29 is 24.5 Å². The van der Waals surface area contributed by atoms with Crippen molar-refractivity contribution in [1.82, 2.24) is 5.32 Å². The molecule has 0 aromatic heterocycles. The minimum Gasteiger partial charge on any atom is -0.466 e. The van der Waals surface area contributed by atoms with Crippen LogP contribution < -0.4 is 5.32 Å². The standard InChI is InChI=1S/C72H141NO5/c1-3-5-7-9-11-13-15-17-18-19-20-21-22-23-25-28-31-34-37-41-44-48-52-56-60-64-70(75)69(68-74)73-71(76)65-61-57-53-49-45-42-38-35-32-29-26-24-27-30-33-36-39-43-47-51-55-59-63-67-78-72(77)66-62-58-54-50-46-40-16-14-12-10-8-6-4-2/h14,16,69-70,74-75H,3-13,15,17-68H2,1-2H3,(H,73,76)/b16-14-. The fourth-order valence-corrected chi connectivity index (χ4v) is 11.6.